The zero-order chi connectivity index (χ0) is 18.1. The maximum absolute atomic E-state index is 11.2. The van der Waals surface area contributed by atoms with Gasteiger partial charge < -0.3 is 10.7 Å². The van der Waals surface area contributed by atoms with Crippen molar-refractivity contribution in [2.75, 3.05) is 6.54 Å². The van der Waals surface area contributed by atoms with Crippen molar-refractivity contribution in [3.63, 3.8) is 0 Å². The normalized spacial score (nSPS) is 14.2. The molecule has 4 rings (SSSR count). The second kappa shape index (κ2) is 6.94. The van der Waals surface area contributed by atoms with Crippen molar-refractivity contribution in [3.05, 3.63) is 76.1 Å². The SMILES string of the molecule is NC(=O)c1ccc(-c2nc3c([nH]2)CN(Cc2cccc(Cl)c2)CC3)cc1. The monoisotopic (exact) mass is 366 g/mol. The largest absolute Gasteiger partial charge is 0.366 e. The molecule has 0 unspecified atom stereocenters. The second-order valence-corrected chi connectivity index (χ2v) is 6.98. The summed E-state index contributed by atoms with van der Waals surface area (Å²) in [5.41, 5.74) is 10.2. The van der Waals surface area contributed by atoms with E-state index in [0.717, 1.165) is 53.9 Å². The fourth-order valence-electron chi connectivity index (χ4n) is 3.31. The topological polar surface area (TPSA) is 75.0 Å². The quantitative estimate of drug-likeness (QED) is 0.743. The van der Waals surface area contributed by atoms with E-state index in [1.807, 2.05) is 30.3 Å². The maximum Gasteiger partial charge on any atom is 0.248 e. The van der Waals surface area contributed by atoms with Crippen molar-refractivity contribution in [1.82, 2.24) is 14.9 Å². The minimum absolute atomic E-state index is 0.424. The number of aromatic nitrogens is 2. The number of halogens is 1. The summed E-state index contributed by atoms with van der Waals surface area (Å²) in [5, 5.41) is 0.767. The molecule has 2 aromatic carbocycles. The molecule has 0 saturated heterocycles. The zero-order valence-corrected chi connectivity index (χ0v) is 15.0. The Labute approximate surface area is 156 Å². The van der Waals surface area contributed by atoms with Crippen LogP contribution in [0, 0.1) is 0 Å². The van der Waals surface area contributed by atoms with E-state index in [1.165, 1.54) is 5.56 Å². The Hall–Kier alpha value is -2.63. The van der Waals surface area contributed by atoms with Crippen LogP contribution in [0.25, 0.3) is 11.4 Å². The van der Waals surface area contributed by atoms with Gasteiger partial charge in [0.15, 0.2) is 0 Å². The summed E-state index contributed by atoms with van der Waals surface area (Å²) in [6, 6.07) is 15.2. The van der Waals surface area contributed by atoms with E-state index in [9.17, 15) is 4.79 Å². The van der Waals surface area contributed by atoms with Gasteiger partial charge in [-0.25, -0.2) is 4.98 Å². The maximum atomic E-state index is 11.2. The number of H-pyrrole nitrogens is 1. The molecule has 2 heterocycles. The van der Waals surface area contributed by atoms with Gasteiger partial charge in [0.1, 0.15) is 5.82 Å². The van der Waals surface area contributed by atoms with E-state index in [-0.39, 0.29) is 0 Å². The fraction of sp³-hybridized carbons (Fsp3) is 0.200. The number of benzene rings is 2. The van der Waals surface area contributed by atoms with Crippen LogP contribution in [0.4, 0.5) is 0 Å². The molecule has 0 spiro atoms. The van der Waals surface area contributed by atoms with Crippen LogP contribution in [0.5, 0.6) is 0 Å². The van der Waals surface area contributed by atoms with E-state index in [0.29, 0.717) is 5.56 Å². The molecule has 1 aliphatic heterocycles. The zero-order valence-electron chi connectivity index (χ0n) is 14.2. The highest BCUT2D eigenvalue weighted by atomic mass is 35.5. The Morgan fingerprint density at radius 1 is 1.23 bits per heavy atom. The van der Waals surface area contributed by atoms with Gasteiger partial charge in [-0.15, -0.1) is 0 Å². The Bertz CT molecular complexity index is 949. The minimum Gasteiger partial charge on any atom is -0.366 e. The highest BCUT2D eigenvalue weighted by molar-refractivity contribution is 6.30. The summed E-state index contributed by atoms with van der Waals surface area (Å²) in [5.74, 6) is 0.405. The Morgan fingerprint density at radius 3 is 2.77 bits per heavy atom. The molecule has 6 heteroatoms. The van der Waals surface area contributed by atoms with Crippen molar-refractivity contribution in [2.45, 2.75) is 19.5 Å². The summed E-state index contributed by atoms with van der Waals surface area (Å²) in [6.07, 6.45) is 0.909. The second-order valence-electron chi connectivity index (χ2n) is 6.54. The van der Waals surface area contributed by atoms with Crippen LogP contribution in [0.1, 0.15) is 27.3 Å². The molecule has 26 heavy (non-hydrogen) atoms. The lowest BCUT2D eigenvalue weighted by Gasteiger charge is -2.26. The number of carbonyl (C=O) groups excluding carboxylic acids is 1. The van der Waals surface area contributed by atoms with Crippen molar-refractivity contribution in [3.8, 4) is 11.4 Å². The summed E-state index contributed by atoms with van der Waals surface area (Å²) in [4.78, 5) is 21.7. The standard InChI is InChI=1S/C20H19ClN4O/c21-16-3-1-2-13(10-16)11-25-9-8-17-18(12-25)24-20(23-17)15-6-4-14(5-7-15)19(22)26/h1-7,10H,8-9,11-12H2,(H2,22,26)(H,23,24). The molecule has 0 radical (unpaired) electrons. The van der Waals surface area contributed by atoms with E-state index >= 15 is 0 Å². The van der Waals surface area contributed by atoms with Crippen LogP contribution in [0.15, 0.2) is 48.5 Å². The van der Waals surface area contributed by atoms with Crippen LogP contribution in [-0.4, -0.2) is 27.3 Å². The molecule has 132 valence electrons. The molecule has 0 atom stereocenters. The third kappa shape index (κ3) is 3.49. The van der Waals surface area contributed by atoms with Crippen LogP contribution < -0.4 is 5.73 Å². The average Bonchev–Trinajstić information content (AvgIpc) is 3.05. The minimum atomic E-state index is -0.424. The molecule has 0 aliphatic carbocycles. The molecule has 3 aromatic rings. The summed E-state index contributed by atoms with van der Waals surface area (Å²) >= 11 is 6.08. The lowest BCUT2D eigenvalue weighted by atomic mass is 10.1. The van der Waals surface area contributed by atoms with Crippen molar-refractivity contribution < 1.29 is 4.79 Å². The van der Waals surface area contributed by atoms with Gasteiger partial charge in [0.2, 0.25) is 5.91 Å². The summed E-state index contributed by atoms with van der Waals surface area (Å²) in [7, 11) is 0. The van der Waals surface area contributed by atoms with Gasteiger partial charge >= 0.3 is 0 Å². The molecule has 0 saturated carbocycles. The molecular weight excluding hydrogens is 348 g/mol. The third-order valence-electron chi connectivity index (χ3n) is 4.65. The lowest BCUT2D eigenvalue weighted by Crippen LogP contribution is -2.30. The fourth-order valence-corrected chi connectivity index (χ4v) is 3.52. The number of carbonyl (C=O) groups is 1. The first-order valence-corrected chi connectivity index (χ1v) is 8.91. The first-order valence-electron chi connectivity index (χ1n) is 8.53. The highest BCUT2D eigenvalue weighted by Crippen LogP contribution is 2.24. The summed E-state index contributed by atoms with van der Waals surface area (Å²) in [6.45, 7) is 2.65. The lowest BCUT2D eigenvalue weighted by molar-refractivity contribution is 0.100. The smallest absolute Gasteiger partial charge is 0.248 e. The number of hydrogen-bond acceptors (Lipinski definition) is 3. The van der Waals surface area contributed by atoms with Gasteiger partial charge in [-0.3, -0.25) is 9.69 Å². The molecule has 0 bridgehead atoms. The Kier molecular flexibility index (Phi) is 4.49. The van der Waals surface area contributed by atoms with Crippen LogP contribution in [0.3, 0.4) is 0 Å². The first-order chi connectivity index (χ1) is 12.6. The number of fused-ring (bicyclic) bond motifs is 1. The number of rotatable bonds is 4. The Morgan fingerprint density at radius 2 is 2.04 bits per heavy atom. The number of hydrogen-bond donors (Lipinski definition) is 2. The van der Waals surface area contributed by atoms with Gasteiger partial charge in [0, 0.05) is 42.2 Å². The van der Waals surface area contributed by atoms with E-state index in [2.05, 4.69) is 16.0 Å². The molecule has 1 amide bonds. The predicted molar refractivity (Wildman–Crippen MR) is 102 cm³/mol. The summed E-state index contributed by atoms with van der Waals surface area (Å²) < 4.78 is 0. The van der Waals surface area contributed by atoms with Gasteiger partial charge in [-0.05, 0) is 29.8 Å². The van der Waals surface area contributed by atoms with E-state index < -0.39 is 5.91 Å². The molecule has 5 nitrogen and oxygen atoms in total. The van der Waals surface area contributed by atoms with Gasteiger partial charge in [0.25, 0.3) is 0 Å². The number of nitrogens with one attached hydrogen (secondary N) is 1. The van der Waals surface area contributed by atoms with Crippen LogP contribution >= 0.6 is 11.6 Å². The molecule has 0 fully saturated rings. The average molecular weight is 367 g/mol. The van der Waals surface area contributed by atoms with Crippen LogP contribution in [0.2, 0.25) is 5.02 Å². The predicted octanol–water partition coefficient (Wildman–Crippen LogP) is 3.39. The molecule has 1 aliphatic rings. The number of amides is 1. The number of nitrogens with two attached hydrogens (primary N) is 1. The number of nitrogens with zero attached hydrogens (tertiary/aromatic N) is 2. The third-order valence-corrected chi connectivity index (χ3v) is 4.88. The Balaban J connectivity index is 1.51. The molecule has 3 N–H and O–H groups in total. The van der Waals surface area contributed by atoms with Crippen LogP contribution in [-0.2, 0) is 19.5 Å². The molecular formula is C20H19ClN4O. The van der Waals surface area contributed by atoms with Crippen molar-refractivity contribution >= 4 is 17.5 Å². The van der Waals surface area contributed by atoms with Gasteiger partial charge in [-0.1, -0.05) is 35.9 Å². The number of imidazole rings is 1. The first kappa shape index (κ1) is 16.8. The molecule has 1 aromatic heterocycles. The van der Waals surface area contributed by atoms with Crippen molar-refractivity contribution in [2.24, 2.45) is 5.73 Å². The van der Waals surface area contributed by atoms with E-state index in [1.54, 1.807) is 12.1 Å². The highest BCUT2D eigenvalue weighted by Gasteiger charge is 2.20. The van der Waals surface area contributed by atoms with Gasteiger partial charge in [-0.2, -0.15) is 0 Å². The van der Waals surface area contributed by atoms with E-state index in [4.69, 9.17) is 22.3 Å². The number of aromatic amines is 1. The number of primary amides is 1. The van der Waals surface area contributed by atoms with Gasteiger partial charge in [0.05, 0.1) is 11.4 Å². The van der Waals surface area contributed by atoms with Crippen molar-refractivity contribution in [1.29, 1.82) is 0 Å².